The highest BCUT2D eigenvalue weighted by atomic mass is 32.2. The number of rotatable bonds is 3. The van der Waals surface area contributed by atoms with E-state index in [0.29, 0.717) is 12.1 Å². The molecule has 0 unspecified atom stereocenters. The summed E-state index contributed by atoms with van der Waals surface area (Å²) < 4.78 is 26.5. The number of aryl methyl sites for hydroxylation is 3. The molecule has 0 bridgehead atoms. The van der Waals surface area contributed by atoms with Crippen molar-refractivity contribution in [2.45, 2.75) is 42.9 Å². The number of sulfone groups is 1. The predicted octanol–water partition coefficient (Wildman–Crippen LogP) is 4.98. The number of anilines is 1. The van der Waals surface area contributed by atoms with Crippen LogP contribution in [0.4, 0.5) is 5.69 Å². The molecule has 1 atom stereocenters. The van der Waals surface area contributed by atoms with Gasteiger partial charge in [-0.3, -0.25) is 4.79 Å². The van der Waals surface area contributed by atoms with Crippen LogP contribution in [0.1, 0.15) is 39.5 Å². The van der Waals surface area contributed by atoms with E-state index in [9.17, 15) is 13.2 Å². The lowest BCUT2D eigenvalue weighted by atomic mass is 9.87. The van der Waals surface area contributed by atoms with Gasteiger partial charge in [0.1, 0.15) is 4.90 Å². The molecule has 144 valence electrons. The average Bonchev–Trinajstić information content (AvgIpc) is 3.07. The van der Waals surface area contributed by atoms with Gasteiger partial charge in [0.15, 0.2) is 0 Å². The number of thiophene rings is 1. The molecule has 4 nitrogen and oxygen atoms in total. The number of carbonyl (C=O) groups excluding carboxylic acids is 1. The first-order chi connectivity index (χ1) is 13.3. The van der Waals surface area contributed by atoms with Crippen LogP contribution in [0.2, 0.25) is 0 Å². The Morgan fingerprint density at radius 1 is 1.04 bits per heavy atom. The van der Waals surface area contributed by atoms with Crippen molar-refractivity contribution in [2.75, 3.05) is 5.32 Å². The van der Waals surface area contributed by atoms with E-state index in [2.05, 4.69) is 17.4 Å². The van der Waals surface area contributed by atoms with Crippen molar-refractivity contribution < 1.29 is 13.2 Å². The van der Waals surface area contributed by atoms with Gasteiger partial charge >= 0.3 is 0 Å². The van der Waals surface area contributed by atoms with Gasteiger partial charge in [0.25, 0.3) is 0 Å². The van der Waals surface area contributed by atoms with E-state index in [1.54, 1.807) is 23.6 Å². The molecule has 28 heavy (non-hydrogen) atoms. The largest absolute Gasteiger partial charge is 0.324 e. The molecule has 0 saturated carbocycles. The molecule has 2 heterocycles. The van der Waals surface area contributed by atoms with Gasteiger partial charge in [0, 0.05) is 22.6 Å². The van der Waals surface area contributed by atoms with E-state index in [1.807, 2.05) is 32.9 Å². The Morgan fingerprint density at radius 2 is 1.79 bits per heavy atom. The van der Waals surface area contributed by atoms with Crippen LogP contribution in [0.3, 0.4) is 0 Å². The third kappa shape index (κ3) is 3.16. The zero-order valence-corrected chi connectivity index (χ0v) is 17.6. The van der Waals surface area contributed by atoms with Crippen LogP contribution < -0.4 is 5.32 Å². The van der Waals surface area contributed by atoms with E-state index >= 15 is 0 Å². The summed E-state index contributed by atoms with van der Waals surface area (Å²) in [5.41, 5.74) is 4.62. The molecule has 2 aromatic carbocycles. The van der Waals surface area contributed by atoms with Crippen molar-refractivity contribution in [3.05, 3.63) is 75.0 Å². The van der Waals surface area contributed by atoms with Gasteiger partial charge in [-0.25, -0.2) is 8.42 Å². The first-order valence-electron chi connectivity index (χ1n) is 9.07. The van der Waals surface area contributed by atoms with Crippen LogP contribution in [0.15, 0.2) is 57.6 Å². The molecule has 1 aromatic heterocycles. The second kappa shape index (κ2) is 6.87. The van der Waals surface area contributed by atoms with Gasteiger partial charge in [0.2, 0.25) is 15.7 Å². The van der Waals surface area contributed by atoms with Crippen molar-refractivity contribution in [2.24, 2.45) is 0 Å². The normalized spacial score (nSPS) is 16.5. The lowest BCUT2D eigenvalue weighted by molar-refractivity contribution is -0.116. The second-order valence-electron chi connectivity index (χ2n) is 7.32. The maximum atomic E-state index is 13.2. The van der Waals surface area contributed by atoms with Crippen LogP contribution in [-0.2, 0) is 14.6 Å². The van der Waals surface area contributed by atoms with Gasteiger partial charge in [0.05, 0.1) is 10.6 Å². The maximum absolute atomic E-state index is 13.2. The van der Waals surface area contributed by atoms with Crippen LogP contribution in [0.25, 0.3) is 0 Å². The minimum atomic E-state index is -3.71. The van der Waals surface area contributed by atoms with Gasteiger partial charge in [-0.2, -0.15) is 0 Å². The highest BCUT2D eigenvalue weighted by molar-refractivity contribution is 7.91. The molecule has 6 heteroatoms. The molecular formula is C22H21NO3S2. The van der Waals surface area contributed by atoms with Crippen molar-refractivity contribution in [3.8, 4) is 0 Å². The zero-order chi connectivity index (χ0) is 20.1. The maximum Gasteiger partial charge on any atom is 0.225 e. The minimum Gasteiger partial charge on any atom is -0.324 e. The average molecular weight is 412 g/mol. The number of carbonyl (C=O) groups is 1. The van der Waals surface area contributed by atoms with Crippen LogP contribution in [-0.4, -0.2) is 14.3 Å². The Balaban J connectivity index is 1.87. The molecule has 0 saturated heterocycles. The SMILES string of the molecule is Cc1cccc(S(=O)(=O)c2csc3c2NC(=O)C[C@H]3c2cc(C)ccc2C)c1. The molecule has 1 aliphatic heterocycles. The fourth-order valence-electron chi connectivity index (χ4n) is 3.70. The van der Waals surface area contributed by atoms with E-state index in [1.165, 1.54) is 11.3 Å². The summed E-state index contributed by atoms with van der Waals surface area (Å²) in [4.78, 5) is 13.8. The van der Waals surface area contributed by atoms with Crippen molar-refractivity contribution in [1.82, 2.24) is 0 Å². The van der Waals surface area contributed by atoms with Crippen LogP contribution >= 0.6 is 11.3 Å². The third-order valence-electron chi connectivity index (χ3n) is 5.16. The molecule has 1 aliphatic rings. The Labute approximate surface area is 169 Å². The Kier molecular flexibility index (Phi) is 4.63. The second-order valence-corrected chi connectivity index (χ2v) is 10.2. The van der Waals surface area contributed by atoms with Gasteiger partial charge in [-0.15, -0.1) is 11.3 Å². The fourth-order valence-corrected chi connectivity index (χ4v) is 6.70. The molecule has 0 spiro atoms. The quantitative estimate of drug-likeness (QED) is 0.661. The molecule has 0 aliphatic carbocycles. The first kappa shape index (κ1) is 18.9. The highest BCUT2D eigenvalue weighted by Gasteiger charge is 2.34. The molecule has 4 rings (SSSR count). The molecule has 0 fully saturated rings. The number of fused-ring (bicyclic) bond motifs is 1. The lowest BCUT2D eigenvalue weighted by Crippen LogP contribution is -2.24. The number of nitrogens with one attached hydrogen (secondary N) is 1. The van der Waals surface area contributed by atoms with E-state index in [0.717, 1.165) is 27.1 Å². The number of benzene rings is 2. The molecular weight excluding hydrogens is 390 g/mol. The lowest BCUT2D eigenvalue weighted by Gasteiger charge is -2.25. The summed E-state index contributed by atoms with van der Waals surface area (Å²) in [6, 6.07) is 13.0. The Morgan fingerprint density at radius 3 is 2.54 bits per heavy atom. The Bertz CT molecular complexity index is 1190. The van der Waals surface area contributed by atoms with Crippen LogP contribution in [0.5, 0.6) is 0 Å². The smallest absolute Gasteiger partial charge is 0.225 e. The predicted molar refractivity (Wildman–Crippen MR) is 112 cm³/mol. The fraction of sp³-hybridized carbons (Fsp3) is 0.227. The number of amides is 1. The summed E-state index contributed by atoms with van der Waals surface area (Å²) in [7, 11) is -3.71. The number of hydrogen-bond acceptors (Lipinski definition) is 4. The van der Waals surface area contributed by atoms with Crippen molar-refractivity contribution in [1.29, 1.82) is 0 Å². The van der Waals surface area contributed by atoms with Crippen molar-refractivity contribution >= 4 is 32.8 Å². The summed E-state index contributed by atoms with van der Waals surface area (Å²) >= 11 is 1.40. The van der Waals surface area contributed by atoms with Crippen LogP contribution in [0, 0.1) is 20.8 Å². The Hall–Kier alpha value is -2.44. The van der Waals surface area contributed by atoms with E-state index in [4.69, 9.17) is 0 Å². The summed E-state index contributed by atoms with van der Waals surface area (Å²) in [5, 5.41) is 4.48. The third-order valence-corrected chi connectivity index (χ3v) is 8.18. The molecule has 1 amide bonds. The summed E-state index contributed by atoms with van der Waals surface area (Å²) in [6.45, 7) is 5.91. The number of hydrogen-bond donors (Lipinski definition) is 1. The first-order valence-corrected chi connectivity index (χ1v) is 11.4. The van der Waals surface area contributed by atoms with E-state index < -0.39 is 9.84 Å². The standard InChI is InChI=1S/C22H21NO3S2/c1-13-5-4-6-16(9-13)28(25,26)19-12-27-22-18(11-20(24)23-21(19)22)17-10-14(2)7-8-15(17)3/h4-10,12,18H,11H2,1-3H3,(H,23,24)/t18-/m0/s1. The molecule has 1 N–H and O–H groups in total. The molecule has 0 radical (unpaired) electrons. The van der Waals surface area contributed by atoms with E-state index in [-0.39, 0.29) is 21.6 Å². The highest BCUT2D eigenvalue weighted by Crippen LogP contribution is 2.46. The topological polar surface area (TPSA) is 63.2 Å². The molecule has 3 aromatic rings. The zero-order valence-electron chi connectivity index (χ0n) is 15.9. The van der Waals surface area contributed by atoms with Crippen molar-refractivity contribution in [3.63, 3.8) is 0 Å². The summed E-state index contributed by atoms with van der Waals surface area (Å²) in [6.07, 6.45) is 0.321. The summed E-state index contributed by atoms with van der Waals surface area (Å²) in [5.74, 6) is -0.285. The van der Waals surface area contributed by atoms with Gasteiger partial charge in [-0.1, -0.05) is 35.9 Å². The van der Waals surface area contributed by atoms with Gasteiger partial charge < -0.3 is 5.32 Å². The minimum absolute atomic E-state index is 0.130. The monoisotopic (exact) mass is 411 g/mol. The van der Waals surface area contributed by atoms with Gasteiger partial charge in [-0.05, 0) is 49.6 Å².